The van der Waals surface area contributed by atoms with Crippen LogP contribution in [0.15, 0.2) is 18.2 Å². The molecule has 2 heterocycles. The molecule has 1 aromatic carbocycles. The second kappa shape index (κ2) is 7.75. The molecule has 0 atom stereocenters. The summed E-state index contributed by atoms with van der Waals surface area (Å²) in [6, 6.07) is 4.68. The van der Waals surface area contributed by atoms with Gasteiger partial charge in [0.2, 0.25) is 5.91 Å². The summed E-state index contributed by atoms with van der Waals surface area (Å²) >= 11 is 0. The van der Waals surface area contributed by atoms with E-state index >= 15 is 0 Å². The first kappa shape index (κ1) is 18.8. The molecule has 4 amide bonds. The number of amides is 4. The maximum Gasteiger partial charge on any atom is 0.409 e. The van der Waals surface area contributed by atoms with Gasteiger partial charge in [0.1, 0.15) is 0 Å². The van der Waals surface area contributed by atoms with Crippen LogP contribution >= 0.6 is 0 Å². The fourth-order valence-corrected chi connectivity index (χ4v) is 3.15. The molecule has 0 aromatic heterocycles. The molecule has 0 bridgehead atoms. The molecule has 0 saturated carbocycles. The van der Waals surface area contributed by atoms with Gasteiger partial charge in [0.15, 0.2) is 0 Å². The van der Waals surface area contributed by atoms with Crippen LogP contribution in [0.5, 0.6) is 0 Å². The standard InChI is InChI=1S/C18H22N4O5/c1-3-27-18(26)22-8-6-21(7-9-22)11-15(23)19-12-4-5-13-14(10-12)17(25)20(2)16(13)24/h4-5,10H,3,6-9,11H2,1-2H3,(H,19,23). The number of hydrogen-bond donors (Lipinski definition) is 1. The van der Waals surface area contributed by atoms with E-state index in [1.54, 1.807) is 24.0 Å². The first-order valence-electron chi connectivity index (χ1n) is 8.81. The number of carbonyl (C=O) groups excluding carboxylic acids is 4. The fourth-order valence-electron chi connectivity index (χ4n) is 3.15. The quantitative estimate of drug-likeness (QED) is 0.776. The van der Waals surface area contributed by atoms with Crippen molar-refractivity contribution in [3.05, 3.63) is 29.3 Å². The van der Waals surface area contributed by atoms with Crippen LogP contribution < -0.4 is 5.32 Å². The lowest BCUT2D eigenvalue weighted by atomic mass is 10.1. The van der Waals surface area contributed by atoms with Crippen LogP contribution in [-0.2, 0) is 9.53 Å². The van der Waals surface area contributed by atoms with Crippen molar-refractivity contribution >= 4 is 29.5 Å². The van der Waals surface area contributed by atoms with Gasteiger partial charge in [-0.25, -0.2) is 4.79 Å². The van der Waals surface area contributed by atoms with Crippen LogP contribution in [0, 0.1) is 0 Å². The molecule has 3 rings (SSSR count). The largest absolute Gasteiger partial charge is 0.450 e. The van der Waals surface area contributed by atoms with Crippen molar-refractivity contribution in [2.24, 2.45) is 0 Å². The summed E-state index contributed by atoms with van der Waals surface area (Å²) in [6.45, 7) is 4.45. The third-order valence-electron chi connectivity index (χ3n) is 4.64. The highest BCUT2D eigenvalue weighted by atomic mass is 16.6. The molecule has 0 radical (unpaired) electrons. The Hall–Kier alpha value is -2.94. The highest BCUT2D eigenvalue weighted by molar-refractivity contribution is 6.21. The lowest BCUT2D eigenvalue weighted by molar-refractivity contribution is -0.117. The number of benzene rings is 1. The van der Waals surface area contributed by atoms with Gasteiger partial charge in [0.25, 0.3) is 11.8 Å². The van der Waals surface area contributed by atoms with Gasteiger partial charge in [-0.15, -0.1) is 0 Å². The van der Waals surface area contributed by atoms with Crippen LogP contribution in [0.4, 0.5) is 10.5 Å². The van der Waals surface area contributed by atoms with Crippen LogP contribution in [0.25, 0.3) is 0 Å². The third-order valence-corrected chi connectivity index (χ3v) is 4.64. The number of ether oxygens (including phenoxy) is 1. The van der Waals surface area contributed by atoms with Crippen LogP contribution in [0.1, 0.15) is 27.6 Å². The minimum atomic E-state index is -0.374. The Balaban J connectivity index is 1.53. The van der Waals surface area contributed by atoms with E-state index in [1.807, 2.05) is 4.90 Å². The average Bonchev–Trinajstić information content (AvgIpc) is 2.86. The average molecular weight is 374 g/mol. The minimum absolute atomic E-state index is 0.181. The van der Waals surface area contributed by atoms with E-state index in [0.29, 0.717) is 49.6 Å². The molecular formula is C18H22N4O5. The molecular weight excluding hydrogens is 352 g/mol. The molecule has 1 aromatic rings. The SMILES string of the molecule is CCOC(=O)N1CCN(CC(=O)Nc2ccc3c(c2)C(=O)N(C)C3=O)CC1. The molecule has 27 heavy (non-hydrogen) atoms. The van der Waals surface area contributed by atoms with Gasteiger partial charge in [-0.05, 0) is 25.1 Å². The van der Waals surface area contributed by atoms with Gasteiger partial charge < -0.3 is 15.0 Å². The molecule has 0 aliphatic carbocycles. The highest BCUT2D eigenvalue weighted by Crippen LogP contribution is 2.24. The van der Waals surface area contributed by atoms with Crippen molar-refractivity contribution in [2.45, 2.75) is 6.92 Å². The second-order valence-electron chi connectivity index (χ2n) is 6.44. The molecule has 2 aliphatic rings. The third kappa shape index (κ3) is 3.92. The molecule has 0 spiro atoms. The summed E-state index contributed by atoms with van der Waals surface area (Å²) < 4.78 is 4.97. The lowest BCUT2D eigenvalue weighted by Gasteiger charge is -2.33. The van der Waals surface area contributed by atoms with E-state index in [9.17, 15) is 19.2 Å². The minimum Gasteiger partial charge on any atom is -0.450 e. The Bertz CT molecular complexity index is 786. The van der Waals surface area contributed by atoms with E-state index in [4.69, 9.17) is 4.74 Å². The summed E-state index contributed by atoms with van der Waals surface area (Å²) in [6.07, 6.45) is -0.330. The van der Waals surface area contributed by atoms with E-state index in [2.05, 4.69) is 5.32 Å². The Morgan fingerprint density at radius 1 is 1.07 bits per heavy atom. The molecule has 1 saturated heterocycles. The Morgan fingerprint density at radius 2 is 1.74 bits per heavy atom. The number of anilines is 1. The summed E-state index contributed by atoms with van der Waals surface area (Å²) in [7, 11) is 1.43. The predicted molar refractivity (Wildman–Crippen MR) is 96.5 cm³/mol. The van der Waals surface area contributed by atoms with Crippen molar-refractivity contribution in [1.29, 1.82) is 0 Å². The number of nitrogens with one attached hydrogen (secondary N) is 1. The van der Waals surface area contributed by atoms with Gasteiger partial charge in [0, 0.05) is 38.9 Å². The van der Waals surface area contributed by atoms with Gasteiger partial charge in [-0.1, -0.05) is 0 Å². The molecule has 9 nitrogen and oxygen atoms in total. The number of fused-ring (bicyclic) bond motifs is 1. The van der Waals surface area contributed by atoms with Crippen molar-refractivity contribution in [2.75, 3.05) is 51.7 Å². The van der Waals surface area contributed by atoms with Crippen molar-refractivity contribution in [1.82, 2.24) is 14.7 Å². The first-order valence-corrected chi connectivity index (χ1v) is 8.81. The van der Waals surface area contributed by atoms with Crippen molar-refractivity contribution in [3.63, 3.8) is 0 Å². The number of carbonyl (C=O) groups is 4. The van der Waals surface area contributed by atoms with E-state index in [1.165, 1.54) is 13.1 Å². The van der Waals surface area contributed by atoms with Crippen molar-refractivity contribution < 1.29 is 23.9 Å². The van der Waals surface area contributed by atoms with E-state index in [0.717, 1.165) is 4.90 Å². The molecule has 144 valence electrons. The normalized spacial score (nSPS) is 17.1. The summed E-state index contributed by atoms with van der Waals surface area (Å²) in [5.41, 5.74) is 1.11. The number of piperazine rings is 1. The topological polar surface area (TPSA) is 99.3 Å². The number of hydrogen-bond acceptors (Lipinski definition) is 6. The smallest absolute Gasteiger partial charge is 0.409 e. The summed E-state index contributed by atoms with van der Waals surface area (Å²) in [4.78, 5) is 52.5. The zero-order valence-electron chi connectivity index (χ0n) is 15.4. The molecule has 1 fully saturated rings. The predicted octanol–water partition coefficient (Wildman–Crippen LogP) is 0.625. The van der Waals surface area contributed by atoms with Crippen LogP contribution in [-0.4, -0.2) is 84.9 Å². The Morgan fingerprint density at radius 3 is 2.41 bits per heavy atom. The van der Waals surface area contributed by atoms with Crippen LogP contribution in [0.2, 0.25) is 0 Å². The number of rotatable bonds is 4. The Labute approximate surface area is 156 Å². The summed E-state index contributed by atoms with van der Waals surface area (Å²) in [5, 5.41) is 2.76. The number of nitrogens with zero attached hydrogens (tertiary/aromatic N) is 3. The zero-order chi connectivity index (χ0) is 19.6. The lowest BCUT2D eigenvalue weighted by Crippen LogP contribution is -2.50. The monoisotopic (exact) mass is 374 g/mol. The fraction of sp³-hybridized carbons (Fsp3) is 0.444. The number of imide groups is 1. The van der Waals surface area contributed by atoms with Gasteiger partial charge in [-0.3, -0.25) is 24.2 Å². The molecule has 1 N–H and O–H groups in total. The maximum atomic E-state index is 12.3. The Kier molecular flexibility index (Phi) is 5.41. The van der Waals surface area contributed by atoms with Gasteiger partial charge in [0.05, 0.1) is 24.3 Å². The van der Waals surface area contributed by atoms with Gasteiger partial charge >= 0.3 is 6.09 Å². The van der Waals surface area contributed by atoms with Crippen molar-refractivity contribution in [3.8, 4) is 0 Å². The van der Waals surface area contributed by atoms with Crippen LogP contribution in [0.3, 0.4) is 0 Å². The van der Waals surface area contributed by atoms with E-state index in [-0.39, 0.29) is 30.4 Å². The first-order chi connectivity index (χ1) is 12.9. The highest BCUT2D eigenvalue weighted by Gasteiger charge is 2.32. The molecule has 9 heteroatoms. The molecule has 2 aliphatic heterocycles. The van der Waals surface area contributed by atoms with Gasteiger partial charge in [-0.2, -0.15) is 0 Å². The van der Waals surface area contributed by atoms with E-state index < -0.39 is 0 Å². The zero-order valence-corrected chi connectivity index (χ0v) is 15.4. The maximum absolute atomic E-state index is 12.3. The molecule has 0 unspecified atom stereocenters. The second-order valence-corrected chi connectivity index (χ2v) is 6.44. The summed E-state index contributed by atoms with van der Waals surface area (Å²) in [5.74, 6) is -0.932.